The van der Waals surface area contributed by atoms with E-state index in [1.54, 1.807) is 0 Å². The fourth-order valence-corrected chi connectivity index (χ4v) is 6.57. The molecule has 0 aliphatic rings. The number of esters is 3. The maximum absolute atomic E-state index is 12.8. The Morgan fingerprint density at radius 3 is 1.01 bits per heavy atom. The zero-order valence-electron chi connectivity index (χ0n) is 43.0. The van der Waals surface area contributed by atoms with Crippen LogP contribution in [0.2, 0.25) is 0 Å². The molecule has 0 spiro atoms. The monoisotopic (exact) mass is 935 g/mol. The van der Waals surface area contributed by atoms with Crippen LogP contribution in [0.3, 0.4) is 0 Å². The van der Waals surface area contributed by atoms with E-state index < -0.39 is 6.10 Å². The molecule has 0 aromatic rings. The van der Waals surface area contributed by atoms with E-state index in [4.69, 9.17) is 14.2 Å². The molecule has 0 amide bonds. The molecule has 0 aromatic carbocycles. The number of hydrogen-bond donors (Lipinski definition) is 0. The third-order valence-electron chi connectivity index (χ3n) is 10.5. The molecule has 0 aliphatic carbocycles. The van der Waals surface area contributed by atoms with Crippen LogP contribution in [-0.4, -0.2) is 37.2 Å². The first-order valence-corrected chi connectivity index (χ1v) is 26.6. The molecular formula is C62H94O6. The van der Waals surface area contributed by atoms with Crippen molar-refractivity contribution < 1.29 is 28.6 Å². The third kappa shape index (κ3) is 52.0. The topological polar surface area (TPSA) is 78.9 Å². The Morgan fingerprint density at radius 1 is 0.309 bits per heavy atom. The molecule has 1 atom stereocenters. The van der Waals surface area contributed by atoms with Gasteiger partial charge in [-0.2, -0.15) is 0 Å². The fourth-order valence-electron chi connectivity index (χ4n) is 6.57. The van der Waals surface area contributed by atoms with Crippen molar-refractivity contribution in [2.24, 2.45) is 0 Å². The van der Waals surface area contributed by atoms with Crippen LogP contribution in [0.25, 0.3) is 0 Å². The molecule has 0 heterocycles. The minimum Gasteiger partial charge on any atom is -0.462 e. The normalized spacial score (nSPS) is 13.4. The van der Waals surface area contributed by atoms with E-state index in [0.29, 0.717) is 19.3 Å². The predicted molar refractivity (Wildman–Crippen MR) is 292 cm³/mol. The summed E-state index contributed by atoms with van der Waals surface area (Å²) in [4.78, 5) is 38.1. The standard InChI is InChI=1S/C62H94O6/c1-4-7-10-13-16-19-22-25-27-29-31-33-35-37-40-43-46-49-52-55-61(64)67-58-59(57-66-60(63)54-51-48-45-42-39-24-21-18-15-12-9-6-3)68-62(65)56-53-50-47-44-41-38-36-34-32-30-28-26-23-20-17-14-11-8-5-2/h7-13,16-22,25-29,31-35,37,40,59H,4-6,14-15,23-24,30,36,38-39,41-58H2,1-3H3/b10-7-,11-8-,12-9-,16-13-,20-17-,21-18-,22-19-,27-25-,28-26-,31-29+,34-32-,35-33-,40-37-. The van der Waals surface area contributed by atoms with Crippen molar-refractivity contribution in [1.82, 2.24) is 0 Å². The molecule has 6 heteroatoms. The number of carbonyl (C=O) groups is 3. The SMILES string of the molecule is CC\C=C/C=C\C=C/C=C\C=C\C=C/C=C\CCCCCC(=O)OCC(COC(=O)CCCCCCC/C=C\C/C=C\CC)OC(=O)CCCCCCCC/C=C\C/C=C\C/C=C\C/C=C\CC. The Bertz CT molecular complexity index is 1590. The van der Waals surface area contributed by atoms with E-state index >= 15 is 0 Å². The van der Waals surface area contributed by atoms with Gasteiger partial charge < -0.3 is 14.2 Å². The van der Waals surface area contributed by atoms with E-state index in [1.807, 2.05) is 72.9 Å². The Morgan fingerprint density at radius 2 is 0.603 bits per heavy atom. The smallest absolute Gasteiger partial charge is 0.306 e. The van der Waals surface area contributed by atoms with Gasteiger partial charge in [-0.05, 0) is 103 Å². The van der Waals surface area contributed by atoms with Crippen molar-refractivity contribution in [3.8, 4) is 0 Å². The number of ether oxygens (including phenoxy) is 3. The second kappa shape index (κ2) is 54.6. The molecule has 378 valence electrons. The van der Waals surface area contributed by atoms with Gasteiger partial charge in [0.05, 0.1) is 0 Å². The molecule has 0 rings (SSSR count). The lowest BCUT2D eigenvalue weighted by Crippen LogP contribution is -2.30. The van der Waals surface area contributed by atoms with Crippen molar-refractivity contribution in [3.05, 3.63) is 158 Å². The first-order chi connectivity index (χ1) is 33.5. The van der Waals surface area contributed by atoms with Gasteiger partial charge >= 0.3 is 17.9 Å². The van der Waals surface area contributed by atoms with Crippen LogP contribution in [0.1, 0.15) is 194 Å². The van der Waals surface area contributed by atoms with Crippen LogP contribution in [0, 0.1) is 0 Å². The molecule has 0 saturated heterocycles. The van der Waals surface area contributed by atoms with E-state index in [0.717, 1.165) is 135 Å². The Kier molecular flexibility index (Phi) is 50.6. The maximum atomic E-state index is 12.8. The fraction of sp³-hybridized carbons (Fsp3) is 0.532. The lowest BCUT2D eigenvalue weighted by Gasteiger charge is -2.18. The first-order valence-electron chi connectivity index (χ1n) is 26.6. The number of allylic oxidation sites excluding steroid dienone is 26. The van der Waals surface area contributed by atoms with Crippen LogP contribution < -0.4 is 0 Å². The van der Waals surface area contributed by atoms with Crippen LogP contribution >= 0.6 is 0 Å². The van der Waals surface area contributed by atoms with Gasteiger partial charge in [0.25, 0.3) is 0 Å². The summed E-state index contributed by atoms with van der Waals surface area (Å²) in [5.41, 5.74) is 0. The zero-order valence-corrected chi connectivity index (χ0v) is 43.0. The molecule has 0 saturated carbocycles. The first kappa shape index (κ1) is 63.0. The van der Waals surface area contributed by atoms with Gasteiger partial charge in [-0.25, -0.2) is 0 Å². The summed E-state index contributed by atoms with van der Waals surface area (Å²) in [7, 11) is 0. The van der Waals surface area contributed by atoms with E-state index in [1.165, 1.54) is 12.8 Å². The average molecular weight is 935 g/mol. The molecular weight excluding hydrogens is 841 g/mol. The predicted octanol–water partition coefficient (Wildman–Crippen LogP) is 17.8. The Labute approximate surface area is 416 Å². The molecule has 0 N–H and O–H groups in total. The van der Waals surface area contributed by atoms with Crippen molar-refractivity contribution in [1.29, 1.82) is 0 Å². The second-order valence-corrected chi connectivity index (χ2v) is 16.8. The minimum atomic E-state index is -0.819. The number of rotatable bonds is 45. The lowest BCUT2D eigenvalue weighted by atomic mass is 10.1. The second-order valence-electron chi connectivity index (χ2n) is 16.8. The van der Waals surface area contributed by atoms with Gasteiger partial charge in [-0.15, -0.1) is 0 Å². The highest BCUT2D eigenvalue weighted by Crippen LogP contribution is 2.13. The van der Waals surface area contributed by atoms with Crippen LogP contribution in [0.15, 0.2) is 158 Å². The average Bonchev–Trinajstić information content (AvgIpc) is 3.34. The van der Waals surface area contributed by atoms with E-state index in [-0.39, 0.29) is 37.5 Å². The Hall–Kier alpha value is -4.97. The van der Waals surface area contributed by atoms with Gasteiger partial charge in [0.2, 0.25) is 0 Å². The molecule has 1 unspecified atom stereocenters. The lowest BCUT2D eigenvalue weighted by molar-refractivity contribution is -0.167. The summed E-state index contributed by atoms with van der Waals surface area (Å²) >= 11 is 0. The van der Waals surface area contributed by atoms with E-state index in [9.17, 15) is 14.4 Å². The summed E-state index contributed by atoms with van der Waals surface area (Å²) in [5, 5.41) is 0. The molecule has 0 aliphatic heterocycles. The van der Waals surface area contributed by atoms with Crippen molar-refractivity contribution in [2.45, 2.75) is 200 Å². The summed E-state index contributed by atoms with van der Waals surface area (Å²) in [6.45, 7) is 6.18. The minimum absolute atomic E-state index is 0.114. The molecule has 68 heavy (non-hydrogen) atoms. The van der Waals surface area contributed by atoms with Crippen LogP contribution in [0.4, 0.5) is 0 Å². The van der Waals surface area contributed by atoms with Gasteiger partial charge in [0.15, 0.2) is 6.10 Å². The third-order valence-corrected chi connectivity index (χ3v) is 10.5. The molecule has 0 fully saturated rings. The van der Waals surface area contributed by atoms with Crippen LogP contribution in [-0.2, 0) is 28.6 Å². The summed E-state index contributed by atoms with van der Waals surface area (Å²) < 4.78 is 16.8. The zero-order chi connectivity index (χ0) is 49.3. The van der Waals surface area contributed by atoms with Crippen LogP contribution in [0.5, 0.6) is 0 Å². The maximum Gasteiger partial charge on any atom is 0.306 e. The van der Waals surface area contributed by atoms with Gasteiger partial charge in [0, 0.05) is 19.3 Å². The highest BCUT2D eigenvalue weighted by Gasteiger charge is 2.19. The largest absolute Gasteiger partial charge is 0.462 e. The summed E-state index contributed by atoms with van der Waals surface area (Å²) in [5.74, 6) is -1.00. The molecule has 0 bridgehead atoms. The van der Waals surface area contributed by atoms with Crippen molar-refractivity contribution in [3.63, 3.8) is 0 Å². The molecule has 0 aromatic heterocycles. The summed E-state index contributed by atoms with van der Waals surface area (Å²) in [6.07, 6.45) is 79.3. The van der Waals surface area contributed by atoms with Crippen molar-refractivity contribution >= 4 is 17.9 Å². The summed E-state index contributed by atoms with van der Waals surface area (Å²) in [6, 6.07) is 0. The Balaban J connectivity index is 4.55. The van der Waals surface area contributed by atoms with Crippen molar-refractivity contribution in [2.75, 3.05) is 13.2 Å². The quantitative estimate of drug-likeness (QED) is 0.0199. The van der Waals surface area contributed by atoms with Gasteiger partial charge in [-0.1, -0.05) is 230 Å². The van der Waals surface area contributed by atoms with Gasteiger partial charge in [-0.3, -0.25) is 14.4 Å². The highest BCUT2D eigenvalue weighted by atomic mass is 16.6. The molecule has 6 nitrogen and oxygen atoms in total. The highest BCUT2D eigenvalue weighted by molar-refractivity contribution is 5.71. The van der Waals surface area contributed by atoms with Gasteiger partial charge in [0.1, 0.15) is 13.2 Å². The van der Waals surface area contributed by atoms with E-state index in [2.05, 4.69) is 106 Å². The molecule has 0 radical (unpaired) electrons. The number of carbonyl (C=O) groups excluding carboxylic acids is 3. The number of unbranched alkanes of at least 4 members (excludes halogenated alkanes) is 14. The number of hydrogen-bond acceptors (Lipinski definition) is 6.